The SMILES string of the molecule is Cl.NC1CCCN(C(=O)c2cc3c(s2)CCC3)C1. The van der Waals surface area contributed by atoms with Crippen molar-refractivity contribution in [2.75, 3.05) is 13.1 Å². The summed E-state index contributed by atoms with van der Waals surface area (Å²) in [5, 5.41) is 0. The number of nitrogens with zero attached hydrogens (tertiary/aromatic N) is 1. The summed E-state index contributed by atoms with van der Waals surface area (Å²) in [5.74, 6) is 0.194. The standard InChI is InChI=1S/C13H18N2OS.ClH/c14-10-4-2-6-15(8-10)13(16)12-7-9-3-1-5-11(9)17-12;/h7,10H,1-6,8,14H2;1H. The zero-order valence-electron chi connectivity index (χ0n) is 10.4. The fourth-order valence-electron chi connectivity index (χ4n) is 2.78. The molecular weight excluding hydrogens is 268 g/mol. The van der Waals surface area contributed by atoms with E-state index < -0.39 is 0 Å². The number of rotatable bonds is 1. The van der Waals surface area contributed by atoms with Crippen LogP contribution in [0.2, 0.25) is 0 Å². The smallest absolute Gasteiger partial charge is 0.263 e. The van der Waals surface area contributed by atoms with Gasteiger partial charge in [-0.25, -0.2) is 0 Å². The van der Waals surface area contributed by atoms with Crippen LogP contribution in [-0.4, -0.2) is 29.9 Å². The van der Waals surface area contributed by atoms with E-state index in [0.29, 0.717) is 0 Å². The average Bonchev–Trinajstić information content (AvgIpc) is 2.88. The molecule has 5 heteroatoms. The minimum Gasteiger partial charge on any atom is -0.336 e. The minimum atomic E-state index is 0. The summed E-state index contributed by atoms with van der Waals surface area (Å²) in [7, 11) is 0. The third-order valence-electron chi connectivity index (χ3n) is 3.70. The molecule has 0 aromatic carbocycles. The van der Waals surface area contributed by atoms with Gasteiger partial charge in [0.05, 0.1) is 4.88 Å². The maximum Gasteiger partial charge on any atom is 0.263 e. The Hall–Kier alpha value is -0.580. The number of likely N-dealkylation sites (tertiary alicyclic amines) is 1. The molecule has 0 radical (unpaired) electrons. The van der Waals surface area contributed by atoms with Gasteiger partial charge in [0.15, 0.2) is 0 Å². The number of fused-ring (bicyclic) bond motifs is 1. The maximum atomic E-state index is 12.3. The highest BCUT2D eigenvalue weighted by atomic mass is 35.5. The molecule has 2 aliphatic rings. The van der Waals surface area contributed by atoms with Crippen molar-refractivity contribution in [1.29, 1.82) is 0 Å². The monoisotopic (exact) mass is 286 g/mol. The first-order valence-electron chi connectivity index (χ1n) is 6.40. The molecule has 2 N–H and O–H groups in total. The second-order valence-electron chi connectivity index (χ2n) is 5.07. The summed E-state index contributed by atoms with van der Waals surface area (Å²) < 4.78 is 0. The molecule has 1 aromatic rings. The molecular formula is C13H19ClN2OS. The lowest BCUT2D eigenvalue weighted by Gasteiger charge is -2.30. The van der Waals surface area contributed by atoms with Crippen LogP contribution in [0.15, 0.2) is 6.07 Å². The highest BCUT2D eigenvalue weighted by molar-refractivity contribution is 7.14. The van der Waals surface area contributed by atoms with Crippen LogP contribution in [0.3, 0.4) is 0 Å². The Kier molecular flexibility index (Phi) is 4.30. The molecule has 3 rings (SSSR count). The van der Waals surface area contributed by atoms with Gasteiger partial charge in [-0.05, 0) is 43.7 Å². The lowest BCUT2D eigenvalue weighted by Crippen LogP contribution is -2.45. The van der Waals surface area contributed by atoms with Crippen molar-refractivity contribution in [1.82, 2.24) is 4.90 Å². The molecule has 1 saturated heterocycles. The first-order chi connectivity index (χ1) is 8.24. The predicted octanol–water partition coefficient (Wildman–Crippen LogP) is 2.22. The van der Waals surface area contributed by atoms with E-state index in [9.17, 15) is 4.79 Å². The Morgan fingerprint density at radius 2 is 2.22 bits per heavy atom. The van der Waals surface area contributed by atoms with Crippen LogP contribution in [0, 0.1) is 0 Å². The number of hydrogen-bond donors (Lipinski definition) is 1. The number of carbonyl (C=O) groups is 1. The largest absolute Gasteiger partial charge is 0.336 e. The summed E-state index contributed by atoms with van der Waals surface area (Å²) >= 11 is 1.69. The van der Waals surface area contributed by atoms with Crippen molar-refractivity contribution in [3.8, 4) is 0 Å². The molecule has 0 bridgehead atoms. The van der Waals surface area contributed by atoms with E-state index in [1.165, 1.54) is 16.9 Å². The molecule has 1 amide bonds. The van der Waals surface area contributed by atoms with Crippen LogP contribution >= 0.6 is 23.7 Å². The second-order valence-corrected chi connectivity index (χ2v) is 6.20. The average molecular weight is 287 g/mol. The predicted molar refractivity (Wildman–Crippen MR) is 76.7 cm³/mol. The molecule has 0 saturated carbocycles. The third-order valence-corrected chi connectivity index (χ3v) is 4.93. The lowest BCUT2D eigenvalue weighted by atomic mass is 10.1. The van der Waals surface area contributed by atoms with Gasteiger partial charge >= 0.3 is 0 Å². The molecule has 1 atom stereocenters. The Balaban J connectivity index is 0.00000120. The number of halogens is 1. The maximum absolute atomic E-state index is 12.3. The Labute approximate surface area is 118 Å². The molecule has 1 aromatic heterocycles. The Morgan fingerprint density at radius 1 is 1.39 bits per heavy atom. The molecule has 1 unspecified atom stereocenters. The van der Waals surface area contributed by atoms with Gasteiger partial charge in [0.2, 0.25) is 0 Å². The van der Waals surface area contributed by atoms with Crippen molar-refractivity contribution in [3.05, 3.63) is 21.4 Å². The zero-order chi connectivity index (χ0) is 11.8. The Bertz CT molecular complexity index is 425. The minimum absolute atomic E-state index is 0. The van der Waals surface area contributed by atoms with E-state index >= 15 is 0 Å². The summed E-state index contributed by atoms with van der Waals surface area (Å²) in [6, 6.07) is 2.27. The quantitative estimate of drug-likeness (QED) is 0.860. The number of amides is 1. The molecule has 3 nitrogen and oxygen atoms in total. The van der Waals surface area contributed by atoms with Gasteiger partial charge in [-0.15, -0.1) is 23.7 Å². The van der Waals surface area contributed by atoms with Crippen LogP contribution in [0.5, 0.6) is 0 Å². The van der Waals surface area contributed by atoms with E-state index in [0.717, 1.165) is 43.6 Å². The van der Waals surface area contributed by atoms with Crippen LogP contribution in [0.1, 0.15) is 39.4 Å². The van der Waals surface area contributed by atoms with Crippen molar-refractivity contribution in [2.45, 2.75) is 38.1 Å². The van der Waals surface area contributed by atoms with E-state index in [1.54, 1.807) is 11.3 Å². The first-order valence-corrected chi connectivity index (χ1v) is 7.22. The molecule has 2 heterocycles. The zero-order valence-corrected chi connectivity index (χ0v) is 12.0. The molecule has 1 aliphatic carbocycles. The summed E-state index contributed by atoms with van der Waals surface area (Å²) in [6.45, 7) is 1.59. The number of aryl methyl sites for hydroxylation is 2. The number of hydrogen-bond acceptors (Lipinski definition) is 3. The molecule has 1 fully saturated rings. The fraction of sp³-hybridized carbons (Fsp3) is 0.615. The molecule has 1 aliphatic heterocycles. The van der Waals surface area contributed by atoms with Crippen LogP contribution in [0.4, 0.5) is 0 Å². The highest BCUT2D eigenvalue weighted by Crippen LogP contribution is 2.31. The number of thiophene rings is 1. The number of carbonyl (C=O) groups excluding carboxylic acids is 1. The van der Waals surface area contributed by atoms with Crippen LogP contribution in [0.25, 0.3) is 0 Å². The van der Waals surface area contributed by atoms with E-state index in [-0.39, 0.29) is 24.4 Å². The van der Waals surface area contributed by atoms with Gasteiger partial charge in [-0.3, -0.25) is 4.79 Å². The van der Waals surface area contributed by atoms with Gasteiger partial charge in [0.1, 0.15) is 0 Å². The number of piperidine rings is 1. The number of nitrogens with two attached hydrogens (primary N) is 1. The van der Waals surface area contributed by atoms with Gasteiger partial charge in [-0.2, -0.15) is 0 Å². The fourth-order valence-corrected chi connectivity index (χ4v) is 4.01. The van der Waals surface area contributed by atoms with Gasteiger partial charge < -0.3 is 10.6 Å². The summed E-state index contributed by atoms with van der Waals surface area (Å²) in [4.78, 5) is 16.6. The topological polar surface area (TPSA) is 46.3 Å². The van der Waals surface area contributed by atoms with E-state index in [1.807, 2.05) is 4.90 Å². The Morgan fingerprint density at radius 3 is 2.94 bits per heavy atom. The van der Waals surface area contributed by atoms with Gasteiger partial charge in [0.25, 0.3) is 5.91 Å². The summed E-state index contributed by atoms with van der Waals surface area (Å²) in [5.41, 5.74) is 7.33. The third kappa shape index (κ3) is 2.56. The van der Waals surface area contributed by atoms with Crippen molar-refractivity contribution < 1.29 is 4.79 Å². The summed E-state index contributed by atoms with van der Waals surface area (Å²) in [6.07, 6.45) is 5.65. The molecule has 18 heavy (non-hydrogen) atoms. The van der Waals surface area contributed by atoms with Crippen molar-refractivity contribution in [2.24, 2.45) is 5.73 Å². The van der Waals surface area contributed by atoms with E-state index in [2.05, 4.69) is 6.07 Å². The highest BCUT2D eigenvalue weighted by Gasteiger charge is 2.25. The lowest BCUT2D eigenvalue weighted by molar-refractivity contribution is 0.0713. The van der Waals surface area contributed by atoms with Crippen molar-refractivity contribution >= 4 is 29.7 Å². The normalized spacial score (nSPS) is 22.5. The van der Waals surface area contributed by atoms with Crippen LogP contribution in [-0.2, 0) is 12.8 Å². The van der Waals surface area contributed by atoms with Gasteiger partial charge in [0, 0.05) is 24.0 Å². The van der Waals surface area contributed by atoms with Gasteiger partial charge in [-0.1, -0.05) is 0 Å². The first kappa shape index (κ1) is 13.8. The van der Waals surface area contributed by atoms with Crippen molar-refractivity contribution in [3.63, 3.8) is 0 Å². The van der Waals surface area contributed by atoms with E-state index in [4.69, 9.17) is 5.73 Å². The second kappa shape index (κ2) is 5.59. The van der Waals surface area contributed by atoms with Crippen LogP contribution < -0.4 is 5.73 Å². The molecule has 0 spiro atoms. The molecule has 100 valence electrons.